The Balaban J connectivity index is -0.000000243. The second-order valence-corrected chi connectivity index (χ2v) is 13.2. The van der Waals surface area contributed by atoms with Crippen molar-refractivity contribution in [2.24, 2.45) is 0 Å². The molecule has 0 atom stereocenters. The van der Waals surface area contributed by atoms with Crippen LogP contribution >= 0.6 is 17.0 Å². The molecule has 0 fully saturated rings. The summed E-state index contributed by atoms with van der Waals surface area (Å²) in [5.41, 5.74) is 6.69. The third-order valence-electron chi connectivity index (χ3n) is 1.55. The summed E-state index contributed by atoms with van der Waals surface area (Å²) < 4.78 is 3.37. The number of hydrogen-bond acceptors (Lipinski definition) is 1. The van der Waals surface area contributed by atoms with Gasteiger partial charge in [0.15, 0.2) is 0 Å². The van der Waals surface area contributed by atoms with Crippen molar-refractivity contribution in [1.82, 2.24) is 0 Å². The van der Waals surface area contributed by atoms with Gasteiger partial charge in [-0.1, -0.05) is 33.4 Å². The fourth-order valence-corrected chi connectivity index (χ4v) is 1.07. The van der Waals surface area contributed by atoms with E-state index < -0.39 is 18.9 Å². The van der Waals surface area contributed by atoms with Crippen molar-refractivity contribution >= 4 is 32.0 Å². The Labute approximate surface area is 150 Å². The van der Waals surface area contributed by atoms with Gasteiger partial charge in [0.05, 0.1) is 0 Å². The Morgan fingerprint density at radius 2 is 1.64 bits per heavy atom. The van der Waals surface area contributed by atoms with E-state index in [-0.39, 0.29) is 19.6 Å². The molecular formula is C17H27Cl2NOZr-4. The molecule has 0 bridgehead atoms. The minimum absolute atomic E-state index is 0. The van der Waals surface area contributed by atoms with E-state index in [0.29, 0.717) is 0 Å². The summed E-state index contributed by atoms with van der Waals surface area (Å²) in [7, 11) is 10.3. The van der Waals surface area contributed by atoms with Crippen LogP contribution in [-0.2, 0) is 18.9 Å². The number of hydrogen-bond donors (Lipinski definition) is 1. The molecule has 0 amide bonds. The fraction of sp³-hybridized carbons (Fsp3) is 0.294. The van der Waals surface area contributed by atoms with Gasteiger partial charge in [-0.25, -0.2) is 0 Å². The molecule has 0 unspecified atom stereocenters. The molecule has 128 valence electrons. The summed E-state index contributed by atoms with van der Waals surface area (Å²) in [6.07, 6.45) is 0. The van der Waals surface area contributed by atoms with Crippen LogP contribution in [-0.4, -0.2) is 21.5 Å². The quantitative estimate of drug-likeness (QED) is 0.519. The minimum Gasteiger partial charge on any atom is -0.358 e. The first-order chi connectivity index (χ1) is 9.61. The van der Waals surface area contributed by atoms with E-state index in [1.807, 2.05) is 20.8 Å². The number of aliphatic hydroxyl groups is 1. The second kappa shape index (κ2) is 16.0. The van der Waals surface area contributed by atoms with Gasteiger partial charge >= 0.3 is 40.1 Å². The summed E-state index contributed by atoms with van der Waals surface area (Å²) in [5, 5.41) is 10.1. The van der Waals surface area contributed by atoms with E-state index in [1.54, 1.807) is 0 Å². The Kier molecular flexibility index (Phi) is 19.6. The molecule has 0 aliphatic carbocycles. The normalized spacial score (nSPS) is 8.91. The summed E-state index contributed by atoms with van der Waals surface area (Å²) >= 11 is -1.85. The largest absolute Gasteiger partial charge is 0.358 e. The van der Waals surface area contributed by atoms with Crippen LogP contribution in [0.3, 0.4) is 0 Å². The molecular weight excluding hydrogens is 396 g/mol. The first-order valence-electron chi connectivity index (χ1n) is 6.37. The Bertz CT molecular complexity index is 452. The van der Waals surface area contributed by atoms with Crippen molar-refractivity contribution in [3.63, 3.8) is 0 Å². The van der Waals surface area contributed by atoms with Crippen molar-refractivity contribution in [3.05, 3.63) is 62.5 Å². The molecule has 2 aromatic rings. The van der Waals surface area contributed by atoms with Gasteiger partial charge in [0, 0.05) is 0 Å². The zero-order valence-electron chi connectivity index (χ0n) is 13.9. The fourth-order valence-electron chi connectivity index (χ4n) is 1.07. The van der Waals surface area contributed by atoms with E-state index in [1.165, 1.54) is 10.8 Å². The number of rotatable bonds is 0. The first-order valence-corrected chi connectivity index (χ1v) is 14.4. The van der Waals surface area contributed by atoms with Crippen molar-refractivity contribution in [3.8, 4) is 0 Å². The molecule has 0 spiro atoms. The van der Waals surface area contributed by atoms with Crippen LogP contribution in [0.15, 0.2) is 42.5 Å². The van der Waals surface area contributed by atoms with E-state index >= 15 is 0 Å². The molecule has 0 radical (unpaired) electrons. The van der Waals surface area contributed by atoms with Gasteiger partial charge in [-0.2, -0.15) is 17.5 Å². The summed E-state index contributed by atoms with van der Waals surface area (Å²) in [6, 6.07) is 14.7. The van der Waals surface area contributed by atoms with Gasteiger partial charge in [0.25, 0.3) is 0 Å². The van der Waals surface area contributed by atoms with Crippen LogP contribution in [0, 0.1) is 14.4 Å². The minimum atomic E-state index is -1.85. The third-order valence-corrected chi connectivity index (χ3v) is 1.55. The van der Waals surface area contributed by atoms with Gasteiger partial charge in [-0.15, -0.1) is 35.2 Å². The topological polar surface area (TPSA) is 44.0 Å². The maximum Gasteiger partial charge on any atom is -0.0809 e. The summed E-state index contributed by atoms with van der Waals surface area (Å²) in [6.45, 7) is 8.60. The average molecular weight is 424 g/mol. The number of aliphatic hydroxyl groups excluding tert-OH is 1. The zero-order valence-corrected chi connectivity index (χ0v) is 17.8. The molecule has 2 rings (SSSR count). The van der Waals surface area contributed by atoms with E-state index in [2.05, 4.69) is 53.6 Å². The van der Waals surface area contributed by atoms with Gasteiger partial charge in [0.2, 0.25) is 0 Å². The van der Waals surface area contributed by atoms with Crippen molar-refractivity contribution < 1.29 is 24.0 Å². The number of benzene rings is 1. The first kappa shape index (κ1) is 27.0. The van der Waals surface area contributed by atoms with Crippen LogP contribution < -0.4 is 0 Å². The smallest absolute Gasteiger partial charge is 0.0809 e. The van der Waals surface area contributed by atoms with E-state index in [4.69, 9.17) is 27.9 Å². The Hall–Kier alpha value is 0.0831. The van der Waals surface area contributed by atoms with Crippen LogP contribution in [0.4, 0.5) is 0 Å². The molecule has 2 aromatic carbocycles. The van der Waals surface area contributed by atoms with Crippen LogP contribution in [0.25, 0.3) is 16.5 Å². The molecule has 0 aliphatic heterocycles. The maximum atomic E-state index is 7.46. The van der Waals surface area contributed by atoms with E-state index in [0.717, 1.165) is 0 Å². The van der Waals surface area contributed by atoms with Gasteiger partial charge < -0.3 is 25.2 Å². The van der Waals surface area contributed by atoms with Crippen molar-refractivity contribution in [2.45, 2.75) is 26.3 Å². The van der Waals surface area contributed by atoms with Gasteiger partial charge in [-0.05, 0) is 0 Å². The van der Waals surface area contributed by atoms with Crippen LogP contribution in [0.5, 0.6) is 0 Å². The number of nitrogens with one attached hydrogen (secondary N) is 1. The van der Waals surface area contributed by atoms with Crippen LogP contribution in [0.2, 0.25) is 0 Å². The van der Waals surface area contributed by atoms with E-state index in [9.17, 15) is 0 Å². The van der Waals surface area contributed by atoms with Crippen LogP contribution in [0.1, 0.15) is 20.8 Å². The predicted molar refractivity (Wildman–Crippen MR) is 101 cm³/mol. The summed E-state index contributed by atoms with van der Waals surface area (Å²) in [4.78, 5) is 0. The maximum absolute atomic E-state index is 7.46. The zero-order chi connectivity index (χ0) is 16.9. The predicted octanol–water partition coefficient (Wildman–Crippen LogP) is 6.00. The molecule has 2 N–H and O–H groups in total. The second-order valence-electron chi connectivity index (χ2n) is 4.97. The molecule has 0 aliphatic rings. The van der Waals surface area contributed by atoms with Crippen molar-refractivity contribution in [1.29, 1.82) is 0 Å². The molecule has 5 heteroatoms. The van der Waals surface area contributed by atoms with Gasteiger partial charge in [-0.3, -0.25) is 0 Å². The Morgan fingerprint density at radius 3 is 2.00 bits per heavy atom. The molecule has 0 aromatic heterocycles. The Morgan fingerprint density at radius 1 is 1.27 bits per heavy atom. The monoisotopic (exact) mass is 421 g/mol. The SMILES string of the molecule is CC(C)(C)[NH-].[CH2-]CO.[CH2]=[Zr]([Cl])[Cl].[CH3-].c1ccc2[cH-]ccc2c1. The third kappa shape index (κ3) is 25.1. The van der Waals surface area contributed by atoms with Crippen molar-refractivity contribution in [2.75, 3.05) is 6.61 Å². The molecule has 0 saturated carbocycles. The average Bonchev–Trinajstić information content (AvgIpc) is 2.74. The van der Waals surface area contributed by atoms with Gasteiger partial charge in [0.1, 0.15) is 0 Å². The number of fused-ring (bicyclic) bond motifs is 1. The molecule has 0 heterocycles. The standard InChI is InChI=1S/C9H7.C4H10N.C2H5O.CH3.CH2.2ClH.Zr/c1-2-5-9-7-3-6-8(9)4-1;1-4(2,3)5;1-2-3;;;;;/h1-7H;5H,1-3H3;3H,1-2H2;1H3;1H2;2*1H;/q4*-1;;;;+2/p-2. The summed E-state index contributed by atoms with van der Waals surface area (Å²) in [5.74, 6) is 0. The molecule has 0 saturated heterocycles. The molecule has 2 nitrogen and oxygen atoms in total. The molecule has 22 heavy (non-hydrogen) atoms. The number of halogens is 2.